The fourth-order valence-corrected chi connectivity index (χ4v) is 1.98. The first-order chi connectivity index (χ1) is 9.66. The third-order valence-corrected chi connectivity index (χ3v) is 3.03. The number of hydrogen-bond acceptors (Lipinski definition) is 5. The lowest BCUT2D eigenvalue weighted by Crippen LogP contribution is -2.32. The quantitative estimate of drug-likeness (QED) is 0.407. The van der Waals surface area contributed by atoms with Gasteiger partial charge >= 0.3 is 17.9 Å². The summed E-state index contributed by atoms with van der Waals surface area (Å²) in [6.07, 6.45) is 1.63. The molecule has 0 saturated heterocycles. The molecule has 0 spiro atoms. The normalized spacial score (nSPS) is 22.2. The molecule has 1 aliphatic carbocycles. The fourth-order valence-electron chi connectivity index (χ4n) is 1.98. The predicted octanol–water partition coefficient (Wildman–Crippen LogP) is 1.41. The highest BCUT2D eigenvalue weighted by Gasteiger charge is 2.35. The van der Waals surface area contributed by atoms with Crippen molar-refractivity contribution in [3.8, 4) is 0 Å². The van der Waals surface area contributed by atoms with Gasteiger partial charge in [-0.3, -0.25) is 9.59 Å². The molecule has 3 atom stereocenters. The van der Waals surface area contributed by atoms with E-state index in [-0.39, 0.29) is 5.57 Å². The molecule has 3 N–H and O–H groups in total. The molecule has 0 aromatic carbocycles. The molecule has 1 aliphatic rings. The molecule has 1 fully saturated rings. The number of aliphatic hydroxyl groups is 1. The van der Waals surface area contributed by atoms with E-state index >= 15 is 0 Å². The maximum Gasteiger partial charge on any atom is 0.335 e. The van der Waals surface area contributed by atoms with E-state index in [2.05, 4.69) is 11.3 Å². The maximum atomic E-state index is 10.6. The minimum Gasteiger partial charge on any atom is -0.481 e. The van der Waals surface area contributed by atoms with Gasteiger partial charge in [0.1, 0.15) is 0 Å². The Morgan fingerprint density at radius 1 is 1.10 bits per heavy atom. The van der Waals surface area contributed by atoms with E-state index in [0.29, 0.717) is 12.8 Å². The van der Waals surface area contributed by atoms with Crippen LogP contribution in [-0.2, 0) is 19.1 Å². The molecule has 0 bridgehead atoms. The summed E-state index contributed by atoms with van der Waals surface area (Å²) in [6.45, 7) is 6.20. The van der Waals surface area contributed by atoms with Crippen LogP contribution in [0.5, 0.6) is 0 Å². The van der Waals surface area contributed by atoms with Gasteiger partial charge in [-0.2, -0.15) is 0 Å². The Morgan fingerprint density at radius 2 is 1.48 bits per heavy atom. The summed E-state index contributed by atoms with van der Waals surface area (Å²) in [7, 11) is 0. The highest BCUT2D eigenvalue weighted by Crippen LogP contribution is 2.30. The van der Waals surface area contributed by atoms with Crippen LogP contribution >= 0.6 is 0 Å². The summed E-state index contributed by atoms with van der Waals surface area (Å²) in [4.78, 5) is 31.7. The molecule has 21 heavy (non-hydrogen) atoms. The van der Waals surface area contributed by atoms with Crippen molar-refractivity contribution in [1.82, 2.24) is 0 Å². The lowest BCUT2D eigenvalue weighted by atomic mass is 9.79. The second-order valence-corrected chi connectivity index (χ2v) is 4.96. The number of carbonyl (C=O) groups is 3. The molecule has 7 nitrogen and oxygen atoms in total. The van der Waals surface area contributed by atoms with E-state index in [1.807, 2.05) is 0 Å². The van der Waals surface area contributed by atoms with Gasteiger partial charge in [0, 0.05) is 5.57 Å². The van der Waals surface area contributed by atoms with Crippen molar-refractivity contribution in [3.63, 3.8) is 0 Å². The largest absolute Gasteiger partial charge is 0.481 e. The number of carbonyl (C=O) groups excluding carboxylic acids is 1. The molecule has 7 heteroatoms. The van der Waals surface area contributed by atoms with E-state index in [9.17, 15) is 14.4 Å². The Kier molecular flexibility index (Phi) is 8.30. The van der Waals surface area contributed by atoms with E-state index in [0.717, 1.165) is 12.8 Å². The van der Waals surface area contributed by atoms with Crippen LogP contribution in [0.4, 0.5) is 0 Å². The second-order valence-electron chi connectivity index (χ2n) is 4.96. The number of rotatable bonds is 4. The topological polar surface area (TPSA) is 121 Å². The standard InChI is InChI=1S/C8H12O4.C6H10O3/c9-7(10)5-3-1-2-4-6(5)8(11)12;1-4(2)6(8)9-5(3)7/h5-6H,1-4H2,(H,9,10)(H,11,12);5,7H,1H2,2-3H3. The van der Waals surface area contributed by atoms with Crippen molar-refractivity contribution in [1.29, 1.82) is 0 Å². The zero-order chi connectivity index (χ0) is 16.6. The van der Waals surface area contributed by atoms with E-state index < -0.39 is 36.0 Å². The van der Waals surface area contributed by atoms with Gasteiger partial charge in [-0.05, 0) is 26.7 Å². The highest BCUT2D eigenvalue weighted by atomic mass is 16.6. The van der Waals surface area contributed by atoms with Gasteiger partial charge in [0.2, 0.25) is 0 Å². The Labute approximate surface area is 123 Å². The van der Waals surface area contributed by atoms with Crippen molar-refractivity contribution in [2.75, 3.05) is 0 Å². The van der Waals surface area contributed by atoms with Crippen LogP contribution < -0.4 is 0 Å². The lowest BCUT2D eigenvalue weighted by molar-refractivity contribution is -0.159. The summed E-state index contributed by atoms with van der Waals surface area (Å²) in [5, 5.41) is 25.9. The Balaban J connectivity index is 0.000000400. The number of aliphatic hydroxyl groups excluding tert-OH is 1. The highest BCUT2D eigenvalue weighted by molar-refractivity contribution is 5.86. The van der Waals surface area contributed by atoms with Crippen LogP contribution in [0.2, 0.25) is 0 Å². The van der Waals surface area contributed by atoms with Gasteiger partial charge in [-0.15, -0.1) is 0 Å². The molecule has 0 radical (unpaired) electrons. The van der Waals surface area contributed by atoms with Gasteiger partial charge in [-0.1, -0.05) is 19.4 Å². The summed E-state index contributed by atoms with van der Waals surface area (Å²) in [5.74, 6) is -3.85. The number of carboxylic acids is 2. The summed E-state index contributed by atoms with van der Waals surface area (Å²) in [5.41, 5.74) is 0.288. The van der Waals surface area contributed by atoms with Gasteiger partial charge in [0.05, 0.1) is 11.8 Å². The van der Waals surface area contributed by atoms with Crippen molar-refractivity contribution in [3.05, 3.63) is 12.2 Å². The third-order valence-electron chi connectivity index (χ3n) is 3.03. The van der Waals surface area contributed by atoms with E-state index in [1.165, 1.54) is 13.8 Å². The van der Waals surface area contributed by atoms with Crippen LogP contribution in [0.3, 0.4) is 0 Å². The first-order valence-electron chi connectivity index (χ1n) is 6.67. The smallest absolute Gasteiger partial charge is 0.335 e. The van der Waals surface area contributed by atoms with Crippen molar-refractivity contribution >= 4 is 17.9 Å². The molecular weight excluding hydrogens is 280 g/mol. The molecule has 0 aromatic rings. The Hall–Kier alpha value is -1.89. The Morgan fingerprint density at radius 3 is 1.67 bits per heavy atom. The Bertz CT molecular complexity index is 378. The summed E-state index contributed by atoms with van der Waals surface area (Å²) >= 11 is 0. The lowest BCUT2D eigenvalue weighted by Gasteiger charge is -2.24. The van der Waals surface area contributed by atoms with Crippen LogP contribution in [0.1, 0.15) is 39.5 Å². The second kappa shape index (κ2) is 9.12. The van der Waals surface area contributed by atoms with Crippen molar-refractivity contribution < 1.29 is 34.4 Å². The van der Waals surface area contributed by atoms with Crippen molar-refractivity contribution in [2.24, 2.45) is 11.8 Å². The van der Waals surface area contributed by atoms with Crippen LogP contribution in [0.15, 0.2) is 12.2 Å². The molecule has 0 aromatic heterocycles. The number of esters is 1. The molecule has 0 aliphatic heterocycles. The number of ether oxygens (including phenoxy) is 1. The fraction of sp³-hybridized carbons (Fsp3) is 0.643. The molecule has 1 saturated carbocycles. The molecular formula is C14H22O7. The predicted molar refractivity (Wildman–Crippen MR) is 73.3 cm³/mol. The van der Waals surface area contributed by atoms with Gasteiger partial charge in [0.25, 0.3) is 0 Å². The minimum absolute atomic E-state index is 0.288. The summed E-state index contributed by atoms with van der Waals surface area (Å²) < 4.78 is 4.33. The van der Waals surface area contributed by atoms with Crippen LogP contribution in [0, 0.1) is 11.8 Å². The molecule has 0 heterocycles. The van der Waals surface area contributed by atoms with E-state index in [1.54, 1.807) is 0 Å². The molecule has 0 amide bonds. The first-order valence-corrected chi connectivity index (χ1v) is 6.67. The van der Waals surface area contributed by atoms with Crippen LogP contribution in [0.25, 0.3) is 0 Å². The molecule has 3 unspecified atom stereocenters. The maximum absolute atomic E-state index is 10.6. The minimum atomic E-state index is -1.05. The van der Waals surface area contributed by atoms with Crippen LogP contribution in [-0.4, -0.2) is 39.5 Å². The molecule has 1 rings (SSSR count). The average molecular weight is 302 g/mol. The SMILES string of the molecule is C=C(C)C(=O)OC(C)O.O=C(O)C1CCCCC1C(=O)O. The number of hydrogen-bond donors (Lipinski definition) is 3. The number of carboxylic acid groups (broad SMARTS) is 2. The zero-order valence-corrected chi connectivity index (χ0v) is 12.2. The van der Waals surface area contributed by atoms with Gasteiger partial charge in [-0.25, -0.2) is 4.79 Å². The molecule has 120 valence electrons. The van der Waals surface area contributed by atoms with Gasteiger partial charge < -0.3 is 20.1 Å². The monoisotopic (exact) mass is 302 g/mol. The van der Waals surface area contributed by atoms with Crippen molar-refractivity contribution in [2.45, 2.75) is 45.8 Å². The third kappa shape index (κ3) is 7.45. The zero-order valence-electron chi connectivity index (χ0n) is 12.2. The first kappa shape index (κ1) is 19.1. The summed E-state index contributed by atoms with van der Waals surface area (Å²) in [6, 6.07) is 0. The average Bonchev–Trinajstić information content (AvgIpc) is 2.38. The van der Waals surface area contributed by atoms with E-state index in [4.69, 9.17) is 15.3 Å². The number of aliphatic carboxylic acids is 2. The van der Waals surface area contributed by atoms with Gasteiger partial charge in [0.15, 0.2) is 6.29 Å².